The third-order valence-corrected chi connectivity index (χ3v) is 2.36. The van der Waals surface area contributed by atoms with E-state index in [9.17, 15) is 0 Å². The second-order valence-electron chi connectivity index (χ2n) is 2.74. The molecule has 0 bridgehead atoms. The minimum absolute atomic E-state index is 0.929. The van der Waals surface area contributed by atoms with Crippen LogP contribution in [0.5, 0.6) is 0 Å². The van der Waals surface area contributed by atoms with E-state index in [0.717, 1.165) is 16.5 Å². The monoisotopic (exact) mass is 251 g/mol. The number of aliphatic imine (C=N–C) groups is 1. The van der Waals surface area contributed by atoms with Gasteiger partial charge in [0.15, 0.2) is 0 Å². The maximum atomic E-state index is 4.41. The predicted molar refractivity (Wildman–Crippen MR) is 49.0 cm³/mol. The Morgan fingerprint density at radius 2 is 2.25 bits per heavy atom. The van der Waals surface area contributed by atoms with Gasteiger partial charge in [-0.3, -0.25) is 0 Å². The molecule has 0 radical (unpaired) electrons. The average Bonchev–Trinajstić information content (AvgIpc) is 2.06. The summed E-state index contributed by atoms with van der Waals surface area (Å²) in [5.74, 6) is 0. The van der Waals surface area contributed by atoms with Gasteiger partial charge in [0.1, 0.15) is 0 Å². The molecule has 0 saturated heterocycles. The average molecular weight is 251 g/mol. The quantitative estimate of drug-likeness (QED) is 0.672. The number of allylic oxidation sites excluding steroid dienone is 4. The summed E-state index contributed by atoms with van der Waals surface area (Å²) >= 11 is 2.81. The molecule has 0 aromatic carbocycles. The number of hydrogen-bond acceptors (Lipinski definition) is 2. The van der Waals surface area contributed by atoms with E-state index in [1.807, 2.05) is 37.2 Å². The first-order valence-corrected chi connectivity index (χ1v) is 4.60. The van der Waals surface area contributed by atoms with Crippen LogP contribution >= 0.6 is 0 Å². The molecule has 0 heterocycles. The van der Waals surface area contributed by atoms with Crippen molar-refractivity contribution in [1.82, 2.24) is 4.90 Å². The predicted octanol–water partition coefficient (Wildman–Crippen LogP) is 1.14. The molecular weight excluding hydrogens is 239 g/mol. The minimum atomic E-state index is 0.929. The maximum absolute atomic E-state index is 4.41. The van der Waals surface area contributed by atoms with Crippen LogP contribution in [0.2, 0.25) is 0 Å². The Hall–Kier alpha value is -0.397. The van der Waals surface area contributed by atoms with Gasteiger partial charge < -0.3 is 0 Å². The summed E-state index contributed by atoms with van der Waals surface area (Å²) in [6, 6.07) is 0. The van der Waals surface area contributed by atoms with Gasteiger partial charge in [0.05, 0.1) is 0 Å². The topological polar surface area (TPSA) is 15.6 Å². The fraction of sp³-hybridized carbons (Fsp3) is 0.333. The van der Waals surface area contributed by atoms with Crippen LogP contribution in [-0.2, 0) is 17.9 Å². The van der Waals surface area contributed by atoms with Crippen molar-refractivity contribution >= 4 is 10.1 Å². The van der Waals surface area contributed by atoms with Gasteiger partial charge >= 0.3 is 82.6 Å². The molecule has 0 spiro atoms. The zero-order valence-corrected chi connectivity index (χ0v) is 8.88. The normalized spacial score (nSPS) is 19.2. The van der Waals surface area contributed by atoms with Crippen molar-refractivity contribution in [3.63, 3.8) is 0 Å². The molecule has 0 atom stereocenters. The molecule has 0 fully saturated rings. The molecule has 12 heavy (non-hydrogen) atoms. The third kappa shape index (κ3) is 2.92. The van der Waals surface area contributed by atoms with Gasteiger partial charge in [0.25, 0.3) is 0 Å². The fourth-order valence-electron chi connectivity index (χ4n) is 0.797. The summed E-state index contributed by atoms with van der Waals surface area (Å²) in [4.78, 5) is 6.37. The fourth-order valence-corrected chi connectivity index (χ4v) is 1.03. The van der Waals surface area contributed by atoms with E-state index in [1.165, 1.54) is 0 Å². The Balaban J connectivity index is 2.63. The van der Waals surface area contributed by atoms with Crippen molar-refractivity contribution in [1.29, 1.82) is 0 Å². The Bertz CT molecular complexity index is 262. The van der Waals surface area contributed by atoms with E-state index in [4.69, 9.17) is 0 Å². The summed E-state index contributed by atoms with van der Waals surface area (Å²) in [5, 5.41) is 0. The van der Waals surface area contributed by atoms with Crippen LogP contribution in [0, 0.1) is 0 Å². The summed E-state index contributed by atoms with van der Waals surface area (Å²) in [5.41, 5.74) is 1.10. The first-order valence-electron chi connectivity index (χ1n) is 3.78. The van der Waals surface area contributed by atoms with Gasteiger partial charge in [0, 0.05) is 0 Å². The van der Waals surface area contributed by atoms with E-state index in [2.05, 4.69) is 28.9 Å². The Kier molecular flexibility index (Phi) is 3.70. The molecule has 3 heteroatoms. The van der Waals surface area contributed by atoms with Crippen molar-refractivity contribution in [3.05, 3.63) is 24.3 Å². The molecule has 0 amide bonds. The first kappa shape index (κ1) is 9.69. The van der Waals surface area contributed by atoms with Gasteiger partial charge in [0.2, 0.25) is 0 Å². The van der Waals surface area contributed by atoms with E-state index >= 15 is 0 Å². The third-order valence-electron chi connectivity index (χ3n) is 1.44. The molecule has 0 aromatic heterocycles. The number of nitrogens with zero attached hydrogens (tertiary/aromatic N) is 2. The van der Waals surface area contributed by atoms with E-state index < -0.39 is 0 Å². The number of rotatable bonds is 2. The number of hydrogen-bond donors (Lipinski definition) is 0. The molecule has 0 aliphatic heterocycles. The SMILES string of the molecule is CN(C)[C](=[Rh])/N=C1/C=CC=CC1. The molecular formula is C9H12N2Rh. The van der Waals surface area contributed by atoms with Crippen LogP contribution in [-0.4, -0.2) is 29.1 Å². The van der Waals surface area contributed by atoms with E-state index in [1.54, 1.807) is 0 Å². The van der Waals surface area contributed by atoms with Gasteiger partial charge in [-0.1, -0.05) is 0 Å². The van der Waals surface area contributed by atoms with Crippen molar-refractivity contribution in [2.75, 3.05) is 14.1 Å². The Morgan fingerprint density at radius 1 is 1.50 bits per heavy atom. The summed E-state index contributed by atoms with van der Waals surface area (Å²) in [7, 11) is 3.95. The van der Waals surface area contributed by atoms with E-state index in [0.29, 0.717) is 0 Å². The van der Waals surface area contributed by atoms with Crippen LogP contribution in [0.15, 0.2) is 29.3 Å². The molecule has 1 aliphatic carbocycles. The van der Waals surface area contributed by atoms with Gasteiger partial charge in [-0.15, -0.1) is 0 Å². The molecule has 1 rings (SSSR count). The van der Waals surface area contributed by atoms with Crippen molar-refractivity contribution in [2.24, 2.45) is 4.99 Å². The standard InChI is InChI=1S/C9H12N2.Rh/c1-11(2)8-10-9-6-4-3-5-7-9;/h3-6H,7H2,1-2H3;/b10-9-;. The Morgan fingerprint density at radius 3 is 2.75 bits per heavy atom. The van der Waals surface area contributed by atoms with Crippen LogP contribution in [0.4, 0.5) is 0 Å². The summed E-state index contributed by atoms with van der Waals surface area (Å²) in [6.07, 6.45) is 9.10. The second-order valence-corrected chi connectivity index (χ2v) is 3.47. The zero-order chi connectivity index (χ0) is 8.97. The first-order chi connectivity index (χ1) is 5.70. The molecule has 1 aliphatic rings. The summed E-state index contributed by atoms with van der Waals surface area (Å²) in [6.45, 7) is 0. The molecule has 67 valence electrons. The van der Waals surface area contributed by atoms with Crippen LogP contribution in [0.25, 0.3) is 0 Å². The van der Waals surface area contributed by atoms with Crippen LogP contribution < -0.4 is 0 Å². The van der Waals surface area contributed by atoms with Gasteiger partial charge in [-0.2, -0.15) is 0 Å². The van der Waals surface area contributed by atoms with Crippen molar-refractivity contribution < 1.29 is 17.9 Å². The van der Waals surface area contributed by atoms with Crippen molar-refractivity contribution in [2.45, 2.75) is 6.42 Å². The van der Waals surface area contributed by atoms with E-state index in [-0.39, 0.29) is 0 Å². The van der Waals surface area contributed by atoms with Crippen molar-refractivity contribution in [3.8, 4) is 0 Å². The van der Waals surface area contributed by atoms with Gasteiger partial charge in [-0.05, 0) is 0 Å². The molecule has 0 aromatic rings. The van der Waals surface area contributed by atoms with Crippen LogP contribution in [0.3, 0.4) is 0 Å². The molecule has 0 unspecified atom stereocenters. The Labute approximate surface area is 82.9 Å². The molecule has 0 N–H and O–H groups in total. The summed E-state index contributed by atoms with van der Waals surface area (Å²) < 4.78 is 0.936. The molecule has 2 nitrogen and oxygen atoms in total. The van der Waals surface area contributed by atoms with Gasteiger partial charge in [-0.25, -0.2) is 0 Å². The molecule has 0 saturated carbocycles. The van der Waals surface area contributed by atoms with Crippen LogP contribution in [0.1, 0.15) is 6.42 Å². The second kappa shape index (κ2) is 4.59. The zero-order valence-electron chi connectivity index (χ0n) is 7.24.